The standard InChI is InChI=1S/C9H17NO4/c1-4-5-7(8(11)12)10-6(2)9(13)14-3/h6-7,10H,4-5H2,1-3H3,(H,11,12). The van der Waals surface area contributed by atoms with Crippen LogP contribution in [0.25, 0.3) is 0 Å². The van der Waals surface area contributed by atoms with E-state index in [1.54, 1.807) is 6.92 Å². The predicted molar refractivity (Wildman–Crippen MR) is 50.9 cm³/mol. The molecule has 2 unspecified atom stereocenters. The van der Waals surface area contributed by atoms with Gasteiger partial charge in [0.25, 0.3) is 0 Å². The van der Waals surface area contributed by atoms with Crippen molar-refractivity contribution in [1.29, 1.82) is 0 Å². The molecule has 0 aromatic rings. The Morgan fingerprint density at radius 1 is 1.50 bits per heavy atom. The summed E-state index contributed by atoms with van der Waals surface area (Å²) in [5.41, 5.74) is 0. The molecule has 0 aliphatic rings. The number of methoxy groups -OCH3 is 1. The average Bonchev–Trinajstić information content (AvgIpc) is 2.15. The number of esters is 1. The molecule has 0 radical (unpaired) electrons. The van der Waals surface area contributed by atoms with Gasteiger partial charge in [0.05, 0.1) is 7.11 Å². The van der Waals surface area contributed by atoms with Gasteiger partial charge in [-0.1, -0.05) is 13.3 Å². The molecule has 5 nitrogen and oxygen atoms in total. The van der Waals surface area contributed by atoms with E-state index in [-0.39, 0.29) is 0 Å². The van der Waals surface area contributed by atoms with Gasteiger partial charge in [-0.3, -0.25) is 14.9 Å². The second-order valence-corrected chi connectivity index (χ2v) is 3.09. The Morgan fingerprint density at radius 2 is 2.07 bits per heavy atom. The fraction of sp³-hybridized carbons (Fsp3) is 0.778. The number of aliphatic carboxylic acids is 1. The van der Waals surface area contributed by atoms with Crippen LogP contribution in [0.2, 0.25) is 0 Å². The van der Waals surface area contributed by atoms with E-state index in [4.69, 9.17) is 5.11 Å². The number of ether oxygens (including phenoxy) is 1. The van der Waals surface area contributed by atoms with Crippen molar-refractivity contribution >= 4 is 11.9 Å². The Labute approximate surface area is 83.4 Å². The van der Waals surface area contributed by atoms with Gasteiger partial charge in [-0.25, -0.2) is 0 Å². The topological polar surface area (TPSA) is 75.6 Å². The molecule has 82 valence electrons. The van der Waals surface area contributed by atoms with Crippen molar-refractivity contribution in [2.75, 3.05) is 7.11 Å². The van der Waals surface area contributed by atoms with Crippen LogP contribution in [-0.2, 0) is 14.3 Å². The summed E-state index contributed by atoms with van der Waals surface area (Å²) in [5.74, 6) is -1.39. The van der Waals surface area contributed by atoms with Crippen molar-refractivity contribution in [3.63, 3.8) is 0 Å². The molecule has 0 amide bonds. The molecular weight excluding hydrogens is 186 g/mol. The maximum Gasteiger partial charge on any atom is 0.322 e. The molecule has 0 spiro atoms. The van der Waals surface area contributed by atoms with Gasteiger partial charge in [-0.2, -0.15) is 0 Å². The van der Waals surface area contributed by atoms with Gasteiger partial charge >= 0.3 is 11.9 Å². The van der Waals surface area contributed by atoms with Gasteiger partial charge in [-0.05, 0) is 13.3 Å². The molecule has 14 heavy (non-hydrogen) atoms. The van der Waals surface area contributed by atoms with E-state index in [0.29, 0.717) is 6.42 Å². The average molecular weight is 203 g/mol. The summed E-state index contributed by atoms with van der Waals surface area (Å²) in [6, 6.07) is -1.28. The van der Waals surface area contributed by atoms with Gasteiger partial charge in [-0.15, -0.1) is 0 Å². The van der Waals surface area contributed by atoms with Crippen molar-refractivity contribution < 1.29 is 19.4 Å². The van der Waals surface area contributed by atoms with Crippen molar-refractivity contribution in [3.8, 4) is 0 Å². The van der Waals surface area contributed by atoms with E-state index >= 15 is 0 Å². The van der Waals surface area contributed by atoms with E-state index < -0.39 is 24.0 Å². The molecule has 0 heterocycles. The molecule has 0 saturated heterocycles. The monoisotopic (exact) mass is 203 g/mol. The highest BCUT2D eigenvalue weighted by Crippen LogP contribution is 1.99. The van der Waals surface area contributed by atoms with Crippen molar-refractivity contribution in [2.45, 2.75) is 38.8 Å². The number of carbonyl (C=O) groups excluding carboxylic acids is 1. The van der Waals surface area contributed by atoms with E-state index in [2.05, 4.69) is 10.1 Å². The van der Waals surface area contributed by atoms with Crippen LogP contribution in [0.3, 0.4) is 0 Å². The molecule has 2 N–H and O–H groups in total. The Bertz CT molecular complexity index is 205. The number of carboxylic acids is 1. The summed E-state index contributed by atoms with van der Waals surface area (Å²) < 4.78 is 4.48. The van der Waals surface area contributed by atoms with Crippen LogP contribution < -0.4 is 5.32 Å². The lowest BCUT2D eigenvalue weighted by molar-refractivity contribution is -0.144. The molecule has 2 atom stereocenters. The number of hydrogen-bond donors (Lipinski definition) is 2. The summed E-state index contributed by atoms with van der Waals surface area (Å²) in [6.07, 6.45) is 1.24. The number of nitrogens with one attached hydrogen (secondary N) is 1. The maximum absolute atomic E-state index is 11.0. The number of rotatable bonds is 6. The third kappa shape index (κ3) is 4.23. The van der Waals surface area contributed by atoms with Crippen LogP contribution in [0.5, 0.6) is 0 Å². The summed E-state index contributed by atoms with van der Waals surface area (Å²) in [4.78, 5) is 21.7. The summed E-state index contributed by atoms with van der Waals surface area (Å²) in [5, 5.41) is 11.5. The number of hydrogen-bond acceptors (Lipinski definition) is 4. The van der Waals surface area contributed by atoms with Gasteiger partial charge in [0.1, 0.15) is 12.1 Å². The van der Waals surface area contributed by atoms with Crippen molar-refractivity contribution in [1.82, 2.24) is 5.32 Å². The first-order valence-electron chi connectivity index (χ1n) is 4.59. The Hall–Kier alpha value is -1.10. The molecule has 0 saturated carbocycles. The van der Waals surface area contributed by atoms with E-state index in [1.165, 1.54) is 7.11 Å². The lowest BCUT2D eigenvalue weighted by atomic mass is 10.1. The summed E-state index contributed by atoms with van der Waals surface area (Å²) in [7, 11) is 1.27. The van der Waals surface area contributed by atoms with Crippen LogP contribution in [0.4, 0.5) is 0 Å². The minimum Gasteiger partial charge on any atom is -0.480 e. The molecule has 0 aliphatic heterocycles. The van der Waals surface area contributed by atoms with Gasteiger partial charge < -0.3 is 9.84 Å². The SMILES string of the molecule is CCCC(NC(C)C(=O)OC)C(=O)O. The molecule has 0 rings (SSSR count). The zero-order valence-corrected chi connectivity index (χ0v) is 8.74. The molecular formula is C9H17NO4. The Balaban J connectivity index is 4.15. The zero-order chi connectivity index (χ0) is 11.1. The van der Waals surface area contributed by atoms with Crippen LogP contribution >= 0.6 is 0 Å². The highest BCUT2D eigenvalue weighted by atomic mass is 16.5. The normalized spacial score (nSPS) is 14.5. The largest absolute Gasteiger partial charge is 0.480 e. The second kappa shape index (κ2) is 6.37. The Morgan fingerprint density at radius 3 is 2.43 bits per heavy atom. The van der Waals surface area contributed by atoms with Crippen LogP contribution in [0.15, 0.2) is 0 Å². The lowest BCUT2D eigenvalue weighted by Crippen LogP contribution is -2.45. The van der Waals surface area contributed by atoms with Crippen LogP contribution in [0, 0.1) is 0 Å². The van der Waals surface area contributed by atoms with Crippen LogP contribution in [-0.4, -0.2) is 36.2 Å². The van der Waals surface area contributed by atoms with Gasteiger partial charge in [0.15, 0.2) is 0 Å². The van der Waals surface area contributed by atoms with Gasteiger partial charge in [0.2, 0.25) is 0 Å². The highest BCUT2D eigenvalue weighted by molar-refractivity contribution is 5.78. The third-order valence-electron chi connectivity index (χ3n) is 1.88. The second-order valence-electron chi connectivity index (χ2n) is 3.09. The van der Waals surface area contributed by atoms with Crippen LogP contribution in [0.1, 0.15) is 26.7 Å². The molecule has 0 fully saturated rings. The number of carboxylic acid groups (broad SMARTS) is 1. The molecule has 0 aromatic heterocycles. The quantitative estimate of drug-likeness (QED) is 0.611. The van der Waals surface area contributed by atoms with Crippen molar-refractivity contribution in [3.05, 3.63) is 0 Å². The minimum atomic E-state index is -0.942. The molecule has 0 aromatic carbocycles. The number of carbonyl (C=O) groups is 2. The first kappa shape index (κ1) is 12.9. The van der Waals surface area contributed by atoms with Gasteiger partial charge in [0, 0.05) is 0 Å². The third-order valence-corrected chi connectivity index (χ3v) is 1.88. The highest BCUT2D eigenvalue weighted by Gasteiger charge is 2.22. The summed E-state index contributed by atoms with van der Waals surface area (Å²) in [6.45, 7) is 3.47. The zero-order valence-electron chi connectivity index (χ0n) is 8.74. The molecule has 0 aliphatic carbocycles. The lowest BCUT2D eigenvalue weighted by Gasteiger charge is -2.17. The van der Waals surface area contributed by atoms with E-state index in [1.807, 2.05) is 6.92 Å². The van der Waals surface area contributed by atoms with Crippen molar-refractivity contribution in [2.24, 2.45) is 0 Å². The first-order valence-corrected chi connectivity index (χ1v) is 4.59. The maximum atomic E-state index is 11.0. The summed E-state index contributed by atoms with van der Waals surface area (Å²) >= 11 is 0. The molecule has 0 bridgehead atoms. The fourth-order valence-corrected chi connectivity index (χ4v) is 1.11. The first-order chi connectivity index (χ1) is 6.52. The predicted octanol–water partition coefficient (Wildman–Crippen LogP) is 0.391. The van der Waals surface area contributed by atoms with E-state index in [0.717, 1.165) is 6.42 Å². The Kier molecular flexibility index (Phi) is 5.87. The molecule has 5 heteroatoms. The smallest absolute Gasteiger partial charge is 0.322 e. The minimum absolute atomic E-state index is 0.452. The van der Waals surface area contributed by atoms with E-state index in [9.17, 15) is 9.59 Å². The fourth-order valence-electron chi connectivity index (χ4n) is 1.11.